The number of amides is 1. The summed E-state index contributed by atoms with van der Waals surface area (Å²) in [6.45, 7) is 8.63. The Hall–Kier alpha value is -2.10. The Labute approximate surface area is 126 Å². The largest absolute Gasteiger partial charge is 0.352 e. The van der Waals surface area contributed by atoms with Crippen molar-refractivity contribution in [3.63, 3.8) is 0 Å². The minimum atomic E-state index is 0.0515. The van der Waals surface area contributed by atoms with Crippen LogP contribution < -0.4 is 5.32 Å². The normalized spacial score (nSPS) is 12.2. The summed E-state index contributed by atoms with van der Waals surface area (Å²) in [5.74, 6) is 0.0515. The maximum absolute atomic E-state index is 12.0. The number of benzene rings is 1. The Kier molecular flexibility index (Phi) is 4.78. The highest BCUT2D eigenvalue weighted by atomic mass is 16.1. The van der Waals surface area contributed by atoms with Crippen molar-refractivity contribution in [1.29, 1.82) is 0 Å². The zero-order valence-electron chi connectivity index (χ0n) is 13.2. The van der Waals surface area contributed by atoms with E-state index < -0.39 is 0 Å². The summed E-state index contributed by atoms with van der Waals surface area (Å²) in [7, 11) is 0. The summed E-state index contributed by atoms with van der Waals surface area (Å²) in [4.78, 5) is 12.0. The molecule has 4 heteroatoms. The lowest BCUT2D eigenvalue weighted by Gasteiger charge is -2.14. The number of carbonyl (C=O) groups is 1. The molecule has 112 valence electrons. The van der Waals surface area contributed by atoms with E-state index in [0.717, 1.165) is 17.0 Å². The second-order valence-corrected chi connectivity index (χ2v) is 5.69. The summed E-state index contributed by atoms with van der Waals surface area (Å²) in [6.07, 6.45) is 0.438. The van der Waals surface area contributed by atoms with Gasteiger partial charge in [-0.15, -0.1) is 0 Å². The zero-order chi connectivity index (χ0) is 15.4. The zero-order valence-corrected chi connectivity index (χ0v) is 13.2. The van der Waals surface area contributed by atoms with Crippen LogP contribution in [0.5, 0.6) is 0 Å². The number of aromatic nitrogens is 2. The van der Waals surface area contributed by atoms with Crippen LogP contribution in [0.25, 0.3) is 0 Å². The van der Waals surface area contributed by atoms with Crippen molar-refractivity contribution in [3.8, 4) is 0 Å². The van der Waals surface area contributed by atoms with E-state index in [0.29, 0.717) is 13.0 Å². The van der Waals surface area contributed by atoms with E-state index in [9.17, 15) is 4.79 Å². The lowest BCUT2D eigenvalue weighted by molar-refractivity contribution is -0.122. The van der Waals surface area contributed by atoms with Crippen LogP contribution in [-0.4, -0.2) is 15.7 Å². The molecule has 21 heavy (non-hydrogen) atoms. The summed E-state index contributed by atoms with van der Waals surface area (Å²) in [6, 6.07) is 10.3. The number of aryl methyl sites for hydroxylation is 3. The van der Waals surface area contributed by atoms with Crippen molar-refractivity contribution in [3.05, 3.63) is 52.8 Å². The first-order valence-corrected chi connectivity index (χ1v) is 7.30. The van der Waals surface area contributed by atoms with E-state index in [4.69, 9.17) is 0 Å². The fraction of sp³-hybridized carbons (Fsp3) is 0.412. The summed E-state index contributed by atoms with van der Waals surface area (Å²) >= 11 is 0. The van der Waals surface area contributed by atoms with Crippen LogP contribution >= 0.6 is 0 Å². The summed E-state index contributed by atoms with van der Waals surface area (Å²) in [5.41, 5.74) is 4.42. The third-order valence-electron chi connectivity index (χ3n) is 3.55. The molecule has 1 aromatic heterocycles. The molecule has 0 spiro atoms. The van der Waals surface area contributed by atoms with Crippen LogP contribution in [0.4, 0.5) is 0 Å². The minimum Gasteiger partial charge on any atom is -0.352 e. The number of carbonyl (C=O) groups excluding carboxylic acids is 1. The Balaban J connectivity index is 1.87. The molecule has 0 fully saturated rings. The molecule has 1 aromatic carbocycles. The maximum Gasteiger partial charge on any atom is 0.222 e. The second kappa shape index (κ2) is 6.57. The Morgan fingerprint density at radius 2 is 1.90 bits per heavy atom. The van der Waals surface area contributed by atoms with Crippen LogP contribution in [0.15, 0.2) is 30.3 Å². The van der Waals surface area contributed by atoms with Crippen molar-refractivity contribution in [1.82, 2.24) is 15.1 Å². The van der Waals surface area contributed by atoms with E-state index in [1.54, 1.807) is 0 Å². The van der Waals surface area contributed by atoms with E-state index >= 15 is 0 Å². The van der Waals surface area contributed by atoms with Gasteiger partial charge in [-0.2, -0.15) is 5.10 Å². The van der Waals surface area contributed by atoms with Gasteiger partial charge in [0, 0.05) is 18.7 Å². The van der Waals surface area contributed by atoms with Crippen molar-refractivity contribution in [2.24, 2.45) is 0 Å². The topological polar surface area (TPSA) is 46.9 Å². The number of nitrogens with one attached hydrogen (secondary N) is 1. The van der Waals surface area contributed by atoms with E-state index in [1.807, 2.05) is 43.7 Å². The van der Waals surface area contributed by atoms with Crippen LogP contribution in [-0.2, 0) is 11.3 Å². The SMILES string of the molecule is Cc1ccc(CNC(=O)C[C@@H](C)n2nc(C)cc2C)cc1. The molecule has 1 N–H and O–H groups in total. The van der Waals surface area contributed by atoms with Gasteiger partial charge in [0.05, 0.1) is 11.7 Å². The third kappa shape index (κ3) is 4.18. The Bertz CT molecular complexity index is 613. The molecule has 2 aromatic rings. The molecular weight excluding hydrogens is 262 g/mol. The standard InChI is InChI=1S/C17H23N3O/c1-12-5-7-16(8-6-12)11-18-17(21)10-15(4)20-14(3)9-13(2)19-20/h5-9,15H,10-11H2,1-4H3,(H,18,21)/t15-/m1/s1. The number of nitrogens with zero attached hydrogens (tertiary/aromatic N) is 2. The molecule has 0 aliphatic heterocycles. The fourth-order valence-electron chi connectivity index (χ4n) is 2.43. The number of hydrogen-bond acceptors (Lipinski definition) is 2. The Morgan fingerprint density at radius 1 is 1.24 bits per heavy atom. The van der Waals surface area contributed by atoms with Crippen molar-refractivity contribution in [2.75, 3.05) is 0 Å². The van der Waals surface area contributed by atoms with E-state index in [-0.39, 0.29) is 11.9 Å². The first kappa shape index (κ1) is 15.3. The van der Waals surface area contributed by atoms with Crippen molar-refractivity contribution >= 4 is 5.91 Å². The molecule has 0 radical (unpaired) electrons. The van der Waals surface area contributed by atoms with Gasteiger partial charge < -0.3 is 5.32 Å². The van der Waals surface area contributed by atoms with Crippen molar-refractivity contribution < 1.29 is 4.79 Å². The van der Waals surface area contributed by atoms with Gasteiger partial charge in [-0.1, -0.05) is 29.8 Å². The highest BCUT2D eigenvalue weighted by molar-refractivity contribution is 5.76. The van der Waals surface area contributed by atoms with Crippen LogP contribution in [0.3, 0.4) is 0 Å². The fourth-order valence-corrected chi connectivity index (χ4v) is 2.43. The van der Waals surface area contributed by atoms with Crippen LogP contribution in [0, 0.1) is 20.8 Å². The summed E-state index contributed by atoms with van der Waals surface area (Å²) < 4.78 is 1.92. The maximum atomic E-state index is 12.0. The molecule has 0 saturated heterocycles. The molecular formula is C17H23N3O. The van der Waals surface area contributed by atoms with Crippen LogP contribution in [0.2, 0.25) is 0 Å². The average molecular weight is 285 g/mol. The Morgan fingerprint density at radius 3 is 2.48 bits per heavy atom. The molecule has 0 aliphatic rings. The lowest BCUT2D eigenvalue weighted by atomic mass is 10.1. The van der Waals surface area contributed by atoms with Gasteiger partial charge >= 0.3 is 0 Å². The van der Waals surface area contributed by atoms with Gasteiger partial charge in [0.2, 0.25) is 5.91 Å². The van der Waals surface area contributed by atoms with Gasteiger partial charge in [0.15, 0.2) is 0 Å². The van der Waals surface area contributed by atoms with Crippen LogP contribution in [0.1, 0.15) is 41.9 Å². The molecule has 0 saturated carbocycles. The first-order valence-electron chi connectivity index (χ1n) is 7.30. The molecule has 1 heterocycles. The number of rotatable bonds is 5. The average Bonchev–Trinajstić information content (AvgIpc) is 2.77. The van der Waals surface area contributed by atoms with E-state index in [2.05, 4.69) is 29.5 Å². The van der Waals surface area contributed by atoms with Gasteiger partial charge in [0.25, 0.3) is 0 Å². The van der Waals surface area contributed by atoms with Gasteiger partial charge in [-0.25, -0.2) is 0 Å². The number of hydrogen-bond donors (Lipinski definition) is 1. The molecule has 4 nitrogen and oxygen atoms in total. The quantitative estimate of drug-likeness (QED) is 0.917. The van der Waals surface area contributed by atoms with Crippen molar-refractivity contribution in [2.45, 2.75) is 46.7 Å². The second-order valence-electron chi connectivity index (χ2n) is 5.69. The predicted molar refractivity (Wildman–Crippen MR) is 84.1 cm³/mol. The minimum absolute atomic E-state index is 0.0515. The molecule has 1 atom stereocenters. The highest BCUT2D eigenvalue weighted by Crippen LogP contribution is 2.14. The molecule has 0 bridgehead atoms. The summed E-state index contributed by atoms with van der Waals surface area (Å²) in [5, 5.41) is 7.39. The highest BCUT2D eigenvalue weighted by Gasteiger charge is 2.13. The molecule has 1 amide bonds. The third-order valence-corrected chi connectivity index (χ3v) is 3.55. The monoisotopic (exact) mass is 285 g/mol. The molecule has 0 unspecified atom stereocenters. The first-order chi connectivity index (χ1) is 9.95. The smallest absolute Gasteiger partial charge is 0.222 e. The molecule has 0 aliphatic carbocycles. The van der Waals surface area contributed by atoms with Gasteiger partial charge in [0.1, 0.15) is 0 Å². The van der Waals surface area contributed by atoms with Gasteiger partial charge in [-0.3, -0.25) is 9.48 Å². The predicted octanol–water partition coefficient (Wildman–Crippen LogP) is 3.08. The van der Waals surface area contributed by atoms with Gasteiger partial charge in [-0.05, 0) is 39.3 Å². The lowest BCUT2D eigenvalue weighted by Crippen LogP contribution is -2.26. The van der Waals surface area contributed by atoms with E-state index in [1.165, 1.54) is 5.56 Å². The molecule has 2 rings (SSSR count).